The monoisotopic (exact) mass is 323 g/mol. The average Bonchev–Trinajstić information content (AvgIpc) is 2.51. The van der Waals surface area contributed by atoms with Crippen LogP contribution in [-0.4, -0.2) is 5.78 Å². The van der Waals surface area contributed by atoms with Crippen LogP contribution in [0.25, 0.3) is 0 Å². The second kappa shape index (κ2) is 7.73. The van der Waals surface area contributed by atoms with Gasteiger partial charge in [0.25, 0.3) is 0 Å². The highest BCUT2D eigenvalue weighted by atomic mass is 19.1. The number of benzene rings is 2. The van der Waals surface area contributed by atoms with Gasteiger partial charge in [-0.15, -0.1) is 0 Å². The Kier molecular flexibility index (Phi) is 5.69. The Labute approximate surface area is 142 Å². The van der Waals surface area contributed by atoms with Crippen LogP contribution in [0.1, 0.15) is 30.5 Å². The number of aryl methyl sites for hydroxylation is 1. The second-order valence-corrected chi connectivity index (χ2v) is 5.86. The predicted octanol–water partition coefficient (Wildman–Crippen LogP) is 5.17. The molecule has 0 saturated heterocycles. The maximum atomic E-state index is 13.2. The minimum absolute atomic E-state index is 0.00255. The number of nitrogens with zero attached hydrogens (tertiary/aromatic N) is 1. The third-order valence-electron chi connectivity index (χ3n) is 3.89. The third kappa shape index (κ3) is 4.42. The Hall–Kier alpha value is -2.68. The Balaban J connectivity index is 2.20. The summed E-state index contributed by atoms with van der Waals surface area (Å²) in [6, 6.07) is 12.9. The van der Waals surface area contributed by atoms with Gasteiger partial charge in [-0.25, -0.2) is 4.39 Å². The van der Waals surface area contributed by atoms with Crippen molar-refractivity contribution in [3.05, 3.63) is 89.5 Å². The van der Waals surface area contributed by atoms with Gasteiger partial charge in [0.05, 0.1) is 0 Å². The summed E-state index contributed by atoms with van der Waals surface area (Å²) >= 11 is 0. The normalized spacial score (nSPS) is 11.2. The zero-order valence-electron chi connectivity index (χ0n) is 14.3. The Morgan fingerprint density at radius 1 is 1.17 bits per heavy atom. The van der Waals surface area contributed by atoms with E-state index in [0.717, 1.165) is 34.5 Å². The summed E-state index contributed by atoms with van der Waals surface area (Å²) < 4.78 is 13.2. The Morgan fingerprint density at radius 2 is 1.83 bits per heavy atom. The molecule has 2 rings (SSSR count). The van der Waals surface area contributed by atoms with Gasteiger partial charge in [0, 0.05) is 23.7 Å². The quantitative estimate of drug-likeness (QED) is 0.684. The van der Waals surface area contributed by atoms with Crippen LogP contribution in [0.4, 0.5) is 10.1 Å². The summed E-state index contributed by atoms with van der Waals surface area (Å²) in [4.78, 5) is 13.1. The fraction of sp³-hybridized carbons (Fsp3) is 0.190. The van der Waals surface area contributed by atoms with Crippen LogP contribution in [0, 0.1) is 12.7 Å². The van der Waals surface area contributed by atoms with Crippen LogP contribution in [0.15, 0.2) is 67.0 Å². The standard InChI is InChI=1S/C21H22FNO/c1-5-23(16(3)13-17(4)24)21-10-6-18(7-11-21)14-19-8-9-20(22)12-15(19)2/h5-13H,1,14H2,2-4H3/b16-13-. The van der Waals surface area contributed by atoms with Crippen LogP contribution < -0.4 is 4.90 Å². The van der Waals surface area contributed by atoms with Crippen LogP contribution in [0.3, 0.4) is 0 Å². The smallest absolute Gasteiger partial charge is 0.154 e. The van der Waals surface area contributed by atoms with Gasteiger partial charge in [-0.2, -0.15) is 0 Å². The summed E-state index contributed by atoms with van der Waals surface area (Å²) in [5.41, 5.74) is 4.97. The number of rotatable bonds is 6. The first-order chi connectivity index (χ1) is 11.4. The summed E-state index contributed by atoms with van der Waals surface area (Å²) in [6.45, 7) is 9.13. The fourth-order valence-electron chi connectivity index (χ4n) is 2.67. The number of anilines is 1. The molecule has 0 aliphatic rings. The van der Waals surface area contributed by atoms with E-state index in [1.165, 1.54) is 13.0 Å². The van der Waals surface area contributed by atoms with E-state index in [0.29, 0.717) is 0 Å². The van der Waals surface area contributed by atoms with E-state index in [9.17, 15) is 9.18 Å². The molecule has 0 amide bonds. The number of carbonyl (C=O) groups excluding carboxylic acids is 1. The molecule has 24 heavy (non-hydrogen) atoms. The molecule has 2 aromatic rings. The van der Waals surface area contributed by atoms with Gasteiger partial charge in [-0.05, 0) is 68.1 Å². The number of halogens is 1. The zero-order valence-corrected chi connectivity index (χ0v) is 14.3. The zero-order chi connectivity index (χ0) is 17.7. The lowest BCUT2D eigenvalue weighted by Crippen LogP contribution is -2.13. The van der Waals surface area contributed by atoms with Crippen molar-refractivity contribution < 1.29 is 9.18 Å². The molecule has 0 heterocycles. The molecule has 2 aromatic carbocycles. The molecule has 0 saturated carbocycles. The Bertz CT molecular complexity index is 775. The summed E-state index contributed by atoms with van der Waals surface area (Å²) in [5.74, 6) is -0.205. The molecule has 0 aliphatic heterocycles. The lowest BCUT2D eigenvalue weighted by atomic mass is 10.0. The number of ketones is 1. The summed E-state index contributed by atoms with van der Waals surface area (Å²) in [6.07, 6.45) is 4.02. The van der Waals surface area contributed by atoms with Crippen molar-refractivity contribution in [3.8, 4) is 0 Å². The maximum absolute atomic E-state index is 13.2. The molecule has 0 radical (unpaired) electrons. The van der Waals surface area contributed by atoms with Crippen molar-refractivity contribution in [2.75, 3.05) is 4.90 Å². The highest BCUT2D eigenvalue weighted by molar-refractivity contribution is 5.88. The van der Waals surface area contributed by atoms with Crippen molar-refractivity contribution >= 4 is 11.5 Å². The SMILES string of the molecule is C=CN(/C(C)=C\C(C)=O)c1ccc(Cc2ccc(F)cc2C)cc1. The highest BCUT2D eigenvalue weighted by Gasteiger charge is 2.07. The van der Waals surface area contributed by atoms with E-state index in [1.807, 2.05) is 49.1 Å². The van der Waals surface area contributed by atoms with E-state index < -0.39 is 0 Å². The van der Waals surface area contributed by atoms with Crippen LogP contribution in [-0.2, 0) is 11.2 Å². The first-order valence-corrected chi connectivity index (χ1v) is 7.85. The van der Waals surface area contributed by atoms with Gasteiger partial charge in [-0.1, -0.05) is 24.8 Å². The summed E-state index contributed by atoms with van der Waals surface area (Å²) in [7, 11) is 0. The van der Waals surface area contributed by atoms with E-state index in [1.54, 1.807) is 18.3 Å². The van der Waals surface area contributed by atoms with Crippen LogP contribution in [0.2, 0.25) is 0 Å². The lowest BCUT2D eigenvalue weighted by molar-refractivity contribution is -0.112. The molecule has 0 N–H and O–H groups in total. The van der Waals surface area contributed by atoms with Gasteiger partial charge in [-0.3, -0.25) is 4.79 Å². The van der Waals surface area contributed by atoms with Gasteiger partial charge < -0.3 is 4.90 Å². The molecule has 3 heteroatoms. The fourth-order valence-corrected chi connectivity index (χ4v) is 2.67. The first kappa shape index (κ1) is 17.7. The number of allylic oxidation sites excluding steroid dienone is 2. The van der Waals surface area contributed by atoms with Gasteiger partial charge >= 0.3 is 0 Å². The van der Waals surface area contributed by atoms with E-state index >= 15 is 0 Å². The van der Waals surface area contributed by atoms with Crippen LogP contribution >= 0.6 is 0 Å². The third-order valence-corrected chi connectivity index (χ3v) is 3.89. The number of hydrogen-bond acceptors (Lipinski definition) is 2. The van der Waals surface area contributed by atoms with E-state index in [4.69, 9.17) is 0 Å². The molecule has 0 bridgehead atoms. The van der Waals surface area contributed by atoms with Crippen molar-refractivity contribution in [3.63, 3.8) is 0 Å². The van der Waals surface area contributed by atoms with Gasteiger partial charge in [0.1, 0.15) is 5.82 Å². The number of carbonyl (C=O) groups is 1. The first-order valence-electron chi connectivity index (χ1n) is 7.85. The Morgan fingerprint density at radius 3 is 2.38 bits per heavy atom. The van der Waals surface area contributed by atoms with Crippen LogP contribution in [0.5, 0.6) is 0 Å². The largest absolute Gasteiger partial charge is 0.322 e. The maximum Gasteiger partial charge on any atom is 0.154 e. The predicted molar refractivity (Wildman–Crippen MR) is 97.5 cm³/mol. The van der Waals surface area contributed by atoms with Crippen molar-refractivity contribution in [2.45, 2.75) is 27.2 Å². The molecule has 124 valence electrons. The van der Waals surface area contributed by atoms with Crippen molar-refractivity contribution in [1.82, 2.24) is 0 Å². The highest BCUT2D eigenvalue weighted by Crippen LogP contribution is 2.22. The molecule has 0 aromatic heterocycles. The molecular weight excluding hydrogens is 301 g/mol. The second-order valence-electron chi connectivity index (χ2n) is 5.86. The van der Waals surface area contributed by atoms with Crippen molar-refractivity contribution in [1.29, 1.82) is 0 Å². The lowest BCUT2D eigenvalue weighted by Gasteiger charge is -2.21. The molecular formula is C21H22FNO. The minimum atomic E-state index is -0.207. The van der Waals surface area contributed by atoms with Gasteiger partial charge in [0.15, 0.2) is 5.78 Å². The number of hydrogen-bond donors (Lipinski definition) is 0. The van der Waals surface area contributed by atoms with Gasteiger partial charge in [0.2, 0.25) is 0 Å². The van der Waals surface area contributed by atoms with E-state index in [2.05, 4.69) is 6.58 Å². The molecule has 0 fully saturated rings. The molecule has 0 unspecified atom stereocenters. The molecule has 0 atom stereocenters. The molecule has 2 nitrogen and oxygen atoms in total. The molecule has 0 aliphatic carbocycles. The average molecular weight is 323 g/mol. The van der Waals surface area contributed by atoms with E-state index in [-0.39, 0.29) is 11.6 Å². The summed E-state index contributed by atoms with van der Waals surface area (Å²) in [5, 5.41) is 0. The topological polar surface area (TPSA) is 20.3 Å². The molecule has 0 spiro atoms. The minimum Gasteiger partial charge on any atom is -0.322 e. The van der Waals surface area contributed by atoms with Crippen molar-refractivity contribution in [2.24, 2.45) is 0 Å².